The van der Waals surface area contributed by atoms with E-state index in [-0.39, 0.29) is 23.4 Å². The summed E-state index contributed by atoms with van der Waals surface area (Å²) in [4.78, 5) is 28.3. The van der Waals surface area contributed by atoms with E-state index in [2.05, 4.69) is 21.2 Å². The van der Waals surface area contributed by atoms with Crippen LogP contribution in [0.5, 0.6) is 0 Å². The largest absolute Gasteiger partial charge is 0.352 e. The van der Waals surface area contributed by atoms with Crippen molar-refractivity contribution in [1.29, 1.82) is 0 Å². The monoisotopic (exact) mass is 619 g/mol. The minimum Gasteiger partial charge on any atom is -0.352 e. The van der Waals surface area contributed by atoms with Gasteiger partial charge in [0.1, 0.15) is 12.6 Å². The fourth-order valence-corrected chi connectivity index (χ4v) is 5.50. The zero-order valence-electron chi connectivity index (χ0n) is 21.5. The van der Waals surface area contributed by atoms with E-state index in [1.807, 2.05) is 38.1 Å². The molecule has 0 saturated carbocycles. The molecule has 3 aromatic rings. The zero-order chi connectivity index (χ0) is 27.9. The SMILES string of the molecule is CCC(C)NC(=O)C(C)N(Cc1ccc(Br)cc1)C(=O)CN(c1ccccc1)S(=O)(=O)c1ccc(Cl)cc1. The van der Waals surface area contributed by atoms with Crippen LogP contribution >= 0.6 is 27.5 Å². The standard InChI is InChI=1S/C28H31BrClN3O4S/c1-4-20(2)31-28(35)21(3)32(18-22-10-12-23(29)13-11-22)27(34)19-33(25-8-6-5-7-9-25)38(36,37)26-16-14-24(30)15-17-26/h5-17,20-21H,4,18-19H2,1-3H3,(H,31,35). The number of carbonyl (C=O) groups excluding carboxylic acids is 2. The Hall–Kier alpha value is -2.88. The predicted molar refractivity (Wildman–Crippen MR) is 154 cm³/mol. The molecular formula is C28H31BrClN3O4S. The van der Waals surface area contributed by atoms with Gasteiger partial charge in [-0.2, -0.15) is 0 Å². The van der Waals surface area contributed by atoms with Gasteiger partial charge in [-0.3, -0.25) is 13.9 Å². The van der Waals surface area contributed by atoms with Crippen molar-refractivity contribution in [3.63, 3.8) is 0 Å². The predicted octanol–water partition coefficient (Wildman–Crippen LogP) is 5.63. The Morgan fingerprint density at radius 1 is 0.947 bits per heavy atom. The lowest BCUT2D eigenvalue weighted by atomic mass is 10.1. The van der Waals surface area contributed by atoms with Gasteiger partial charge in [-0.25, -0.2) is 8.42 Å². The number of hydrogen-bond acceptors (Lipinski definition) is 4. The molecule has 3 aromatic carbocycles. The van der Waals surface area contributed by atoms with Crippen LogP contribution in [0.3, 0.4) is 0 Å². The van der Waals surface area contributed by atoms with Crippen LogP contribution in [-0.4, -0.2) is 43.8 Å². The molecule has 0 aliphatic rings. The Balaban J connectivity index is 1.99. The van der Waals surface area contributed by atoms with Gasteiger partial charge in [-0.05, 0) is 74.4 Å². The highest BCUT2D eigenvalue weighted by molar-refractivity contribution is 9.10. The summed E-state index contributed by atoms with van der Waals surface area (Å²) in [5.74, 6) is -0.822. The molecule has 10 heteroatoms. The summed E-state index contributed by atoms with van der Waals surface area (Å²) in [5, 5.41) is 3.32. The molecule has 7 nitrogen and oxygen atoms in total. The van der Waals surface area contributed by atoms with E-state index in [1.165, 1.54) is 29.2 Å². The Labute approximate surface area is 238 Å². The fraction of sp³-hybridized carbons (Fsp3) is 0.286. The van der Waals surface area contributed by atoms with Crippen LogP contribution in [0.25, 0.3) is 0 Å². The number of halogens is 2. The quantitative estimate of drug-likeness (QED) is 0.301. The maximum Gasteiger partial charge on any atom is 0.264 e. The van der Waals surface area contributed by atoms with Gasteiger partial charge in [0, 0.05) is 22.1 Å². The topological polar surface area (TPSA) is 86.8 Å². The average molecular weight is 621 g/mol. The van der Waals surface area contributed by atoms with Gasteiger partial charge in [0.15, 0.2) is 0 Å². The Morgan fingerprint density at radius 3 is 2.13 bits per heavy atom. The van der Waals surface area contributed by atoms with Crippen molar-refractivity contribution in [3.05, 3.63) is 93.9 Å². The van der Waals surface area contributed by atoms with Crippen molar-refractivity contribution in [2.24, 2.45) is 0 Å². The van der Waals surface area contributed by atoms with E-state index < -0.39 is 28.5 Å². The first-order valence-electron chi connectivity index (χ1n) is 12.2. The maximum atomic E-state index is 13.8. The number of rotatable bonds is 11. The van der Waals surface area contributed by atoms with Crippen molar-refractivity contribution in [2.45, 2.75) is 50.7 Å². The third kappa shape index (κ3) is 7.58. The van der Waals surface area contributed by atoms with E-state index in [4.69, 9.17) is 11.6 Å². The molecule has 3 rings (SSSR count). The summed E-state index contributed by atoms with van der Waals surface area (Å²) in [6, 6.07) is 20.7. The number of para-hydroxylation sites is 1. The Kier molecular flexibility index (Phi) is 10.4. The van der Waals surface area contributed by atoms with Crippen molar-refractivity contribution in [1.82, 2.24) is 10.2 Å². The second-order valence-corrected chi connectivity index (χ2v) is 12.2. The molecule has 0 radical (unpaired) electrons. The van der Waals surface area contributed by atoms with E-state index in [0.717, 1.165) is 20.8 Å². The van der Waals surface area contributed by atoms with Gasteiger partial charge < -0.3 is 10.2 Å². The average Bonchev–Trinajstić information content (AvgIpc) is 2.91. The van der Waals surface area contributed by atoms with Crippen molar-refractivity contribution in [3.8, 4) is 0 Å². The lowest BCUT2D eigenvalue weighted by molar-refractivity contribution is -0.139. The van der Waals surface area contributed by atoms with E-state index in [1.54, 1.807) is 37.3 Å². The summed E-state index contributed by atoms with van der Waals surface area (Å²) in [6.45, 7) is 5.13. The number of benzene rings is 3. The van der Waals surface area contributed by atoms with E-state index in [0.29, 0.717) is 10.7 Å². The molecule has 0 bridgehead atoms. The van der Waals surface area contributed by atoms with Gasteiger partial charge >= 0.3 is 0 Å². The normalized spacial score (nSPS) is 12.9. The second-order valence-electron chi connectivity index (χ2n) is 8.94. The molecular weight excluding hydrogens is 590 g/mol. The molecule has 1 N–H and O–H groups in total. The molecule has 202 valence electrons. The van der Waals surface area contributed by atoms with Crippen LogP contribution < -0.4 is 9.62 Å². The smallest absolute Gasteiger partial charge is 0.264 e. The molecule has 2 amide bonds. The van der Waals surface area contributed by atoms with Crippen LogP contribution in [0.1, 0.15) is 32.8 Å². The van der Waals surface area contributed by atoms with Crippen LogP contribution in [0, 0.1) is 0 Å². The lowest BCUT2D eigenvalue weighted by Crippen LogP contribution is -2.52. The maximum absolute atomic E-state index is 13.8. The van der Waals surface area contributed by atoms with Gasteiger partial charge in [0.25, 0.3) is 10.0 Å². The minimum absolute atomic E-state index is 0.000532. The first-order valence-corrected chi connectivity index (χ1v) is 14.8. The molecule has 0 fully saturated rings. The van der Waals surface area contributed by atoms with Gasteiger partial charge in [-0.15, -0.1) is 0 Å². The van der Waals surface area contributed by atoms with Crippen LogP contribution in [0.2, 0.25) is 5.02 Å². The van der Waals surface area contributed by atoms with Crippen LogP contribution in [0.4, 0.5) is 5.69 Å². The molecule has 0 saturated heterocycles. The number of amides is 2. The van der Waals surface area contributed by atoms with Crippen molar-refractivity contribution >= 4 is 55.1 Å². The highest BCUT2D eigenvalue weighted by Gasteiger charge is 2.32. The van der Waals surface area contributed by atoms with E-state index in [9.17, 15) is 18.0 Å². The first-order chi connectivity index (χ1) is 18.0. The first kappa shape index (κ1) is 29.7. The molecule has 0 spiro atoms. The second kappa shape index (κ2) is 13.3. The summed E-state index contributed by atoms with van der Waals surface area (Å²) in [6.07, 6.45) is 0.736. The summed E-state index contributed by atoms with van der Waals surface area (Å²) in [5.41, 5.74) is 1.13. The molecule has 0 aliphatic heterocycles. The fourth-order valence-electron chi connectivity index (χ4n) is 3.69. The van der Waals surface area contributed by atoms with Gasteiger partial charge in [0.2, 0.25) is 11.8 Å². The highest BCUT2D eigenvalue weighted by Crippen LogP contribution is 2.25. The summed E-state index contributed by atoms with van der Waals surface area (Å²) < 4.78 is 29.4. The van der Waals surface area contributed by atoms with Crippen molar-refractivity contribution < 1.29 is 18.0 Å². The Morgan fingerprint density at radius 2 is 1.55 bits per heavy atom. The minimum atomic E-state index is -4.13. The molecule has 2 atom stereocenters. The number of carbonyl (C=O) groups is 2. The molecule has 0 heterocycles. The van der Waals surface area contributed by atoms with Gasteiger partial charge in [0.05, 0.1) is 10.6 Å². The number of sulfonamides is 1. The van der Waals surface area contributed by atoms with Crippen LogP contribution in [0.15, 0.2) is 88.2 Å². The summed E-state index contributed by atoms with van der Waals surface area (Å²) in [7, 11) is -4.13. The van der Waals surface area contributed by atoms with Crippen LogP contribution in [-0.2, 0) is 26.2 Å². The molecule has 0 aliphatic carbocycles. The molecule has 0 aromatic heterocycles. The number of nitrogens with zero attached hydrogens (tertiary/aromatic N) is 2. The summed E-state index contributed by atoms with van der Waals surface area (Å²) >= 11 is 9.38. The van der Waals surface area contributed by atoms with Gasteiger partial charge in [-0.1, -0.05) is 64.8 Å². The molecule has 38 heavy (non-hydrogen) atoms. The van der Waals surface area contributed by atoms with E-state index >= 15 is 0 Å². The van der Waals surface area contributed by atoms with Crippen molar-refractivity contribution in [2.75, 3.05) is 10.8 Å². The lowest BCUT2D eigenvalue weighted by Gasteiger charge is -2.32. The Bertz CT molecular complexity index is 1340. The number of anilines is 1. The highest BCUT2D eigenvalue weighted by atomic mass is 79.9. The molecule has 2 unspecified atom stereocenters. The third-order valence-corrected chi connectivity index (χ3v) is 8.73. The third-order valence-electron chi connectivity index (χ3n) is 6.16. The number of hydrogen-bond donors (Lipinski definition) is 1. The number of nitrogens with one attached hydrogen (secondary N) is 1. The zero-order valence-corrected chi connectivity index (χ0v) is 24.6.